The van der Waals surface area contributed by atoms with Gasteiger partial charge in [-0.2, -0.15) is 0 Å². The molecular weight excluding hydrogens is 431 g/mol. The first-order valence-electron chi connectivity index (χ1n) is 7.54. The molecule has 0 saturated carbocycles. The normalized spacial score (nSPS) is 17.5. The molecule has 0 unspecified atom stereocenters. The Morgan fingerprint density at radius 3 is 2.20 bits per heavy atom. The van der Waals surface area contributed by atoms with Crippen molar-refractivity contribution in [3.05, 3.63) is 46.1 Å². The highest BCUT2D eigenvalue weighted by Gasteiger charge is 2.13. The maximum absolute atomic E-state index is 4.55. The van der Waals surface area contributed by atoms with Gasteiger partial charge in [-0.25, -0.2) is 20.0 Å². The monoisotopic (exact) mass is 442 g/mol. The summed E-state index contributed by atoms with van der Waals surface area (Å²) in [6, 6.07) is 5.88. The molecule has 0 amide bonds. The summed E-state index contributed by atoms with van der Waals surface area (Å²) in [5, 5.41) is 6.51. The van der Waals surface area contributed by atoms with Crippen LogP contribution in [-0.2, 0) is 0 Å². The van der Waals surface area contributed by atoms with E-state index < -0.39 is 0 Å². The van der Waals surface area contributed by atoms with Crippen LogP contribution in [0.1, 0.15) is 0 Å². The molecule has 8 bridgehead atoms. The Morgan fingerprint density at radius 1 is 0.680 bits per heavy atom. The zero-order valence-electron chi connectivity index (χ0n) is 12.7. The van der Waals surface area contributed by atoms with Gasteiger partial charge in [0.05, 0.1) is 3.57 Å². The Bertz CT molecular complexity index is 1060. The second-order valence-electron chi connectivity index (χ2n) is 5.49. The zero-order chi connectivity index (χ0) is 16.8. The molecule has 9 heteroatoms. The topological polar surface area (TPSA) is 105 Å². The second-order valence-corrected chi connectivity index (χ2v) is 6.65. The molecule has 5 rings (SSSR count). The van der Waals surface area contributed by atoms with Gasteiger partial charge < -0.3 is 20.6 Å². The zero-order valence-corrected chi connectivity index (χ0v) is 14.9. The number of aliphatic imine (C=N–C) groups is 4. The lowest BCUT2D eigenvalue weighted by atomic mass is 10.4. The standard InChI is InChI=1S/C16H11IN8/c17-8-7-15-23-13-4-3-11(21-13)19-9-1-2-10(18-9)20-12-5-6-14(22-12)24-16(8)25-15/h1-7,21,23,25H,(H,18,19,20,22,24). The van der Waals surface area contributed by atoms with Gasteiger partial charge in [-0.15, -0.1) is 0 Å². The summed E-state index contributed by atoms with van der Waals surface area (Å²) in [6.45, 7) is 0. The Kier molecular flexibility index (Phi) is 3.20. The number of H-pyrrole nitrogens is 2. The van der Waals surface area contributed by atoms with Gasteiger partial charge in [-0.05, 0) is 65.1 Å². The van der Waals surface area contributed by atoms with Crippen LogP contribution >= 0.6 is 22.6 Å². The van der Waals surface area contributed by atoms with Gasteiger partial charge in [0, 0.05) is 0 Å². The van der Waals surface area contributed by atoms with Crippen LogP contribution in [0, 0.1) is 3.57 Å². The molecule has 0 saturated heterocycles. The Balaban J connectivity index is 1.62. The Labute approximate surface area is 155 Å². The first-order chi connectivity index (χ1) is 12.2. The lowest BCUT2D eigenvalue weighted by Crippen LogP contribution is -2.07. The molecule has 8 nitrogen and oxygen atoms in total. The highest BCUT2D eigenvalue weighted by molar-refractivity contribution is 14.1. The lowest BCUT2D eigenvalue weighted by molar-refractivity contribution is 1.29. The minimum absolute atomic E-state index is 0.581. The predicted molar refractivity (Wildman–Crippen MR) is 109 cm³/mol. The van der Waals surface area contributed by atoms with E-state index in [1.54, 1.807) is 0 Å². The summed E-state index contributed by atoms with van der Waals surface area (Å²) in [7, 11) is 0. The van der Waals surface area contributed by atoms with Crippen molar-refractivity contribution in [2.75, 3.05) is 10.6 Å². The highest BCUT2D eigenvalue weighted by Crippen LogP contribution is 2.27. The van der Waals surface area contributed by atoms with E-state index in [9.17, 15) is 0 Å². The minimum atomic E-state index is 0.581. The molecule has 4 N–H and O–H groups in total. The fourth-order valence-electron chi connectivity index (χ4n) is 2.57. The maximum atomic E-state index is 4.55. The smallest absolute Gasteiger partial charge is 0.156 e. The van der Waals surface area contributed by atoms with Crippen LogP contribution in [-0.4, -0.2) is 33.3 Å². The minimum Gasteiger partial charge on any atom is -0.328 e. The lowest BCUT2D eigenvalue weighted by Gasteiger charge is -2.02. The molecule has 2 aromatic rings. The van der Waals surface area contributed by atoms with Gasteiger partial charge in [-0.3, -0.25) is 0 Å². The molecule has 2 aromatic heterocycles. The van der Waals surface area contributed by atoms with Gasteiger partial charge >= 0.3 is 0 Å². The third kappa shape index (κ3) is 2.82. The van der Waals surface area contributed by atoms with Crippen LogP contribution in [0.5, 0.6) is 0 Å². The summed E-state index contributed by atoms with van der Waals surface area (Å²) in [4.78, 5) is 24.3. The molecule has 0 aliphatic carbocycles. The predicted octanol–water partition coefficient (Wildman–Crippen LogP) is 3.48. The number of hydrogen-bond acceptors (Lipinski definition) is 6. The number of fused-ring (bicyclic) bond motifs is 6. The first-order valence-corrected chi connectivity index (χ1v) is 8.62. The fraction of sp³-hybridized carbons (Fsp3) is 0. The van der Waals surface area contributed by atoms with Crippen molar-refractivity contribution in [3.8, 4) is 0 Å². The van der Waals surface area contributed by atoms with Crippen molar-refractivity contribution >= 4 is 69.2 Å². The van der Waals surface area contributed by atoms with Crippen molar-refractivity contribution in [1.82, 2.24) is 9.97 Å². The molecule has 0 fully saturated rings. The molecule has 3 aliphatic heterocycles. The van der Waals surface area contributed by atoms with Gasteiger partial charge in [0.2, 0.25) is 0 Å². The number of rotatable bonds is 0. The third-order valence-corrected chi connectivity index (χ3v) is 4.48. The molecule has 0 radical (unpaired) electrons. The van der Waals surface area contributed by atoms with Crippen LogP contribution in [0.3, 0.4) is 0 Å². The number of anilines is 3. The number of aromatic nitrogens is 2. The van der Waals surface area contributed by atoms with Gasteiger partial charge in [0.25, 0.3) is 0 Å². The second kappa shape index (κ2) is 5.55. The summed E-state index contributed by atoms with van der Waals surface area (Å²) >= 11 is 2.24. The van der Waals surface area contributed by atoms with E-state index in [1.807, 2.05) is 42.5 Å². The van der Waals surface area contributed by atoms with Crippen molar-refractivity contribution in [2.24, 2.45) is 20.0 Å². The van der Waals surface area contributed by atoms with E-state index in [-0.39, 0.29) is 0 Å². The summed E-state index contributed by atoms with van der Waals surface area (Å²) in [5.74, 6) is 5.77. The summed E-state index contributed by atoms with van der Waals surface area (Å²) in [5.41, 5.74) is 0. The van der Waals surface area contributed by atoms with E-state index in [4.69, 9.17) is 0 Å². The first kappa shape index (κ1) is 14.4. The van der Waals surface area contributed by atoms with Crippen LogP contribution in [0.2, 0.25) is 0 Å². The summed E-state index contributed by atoms with van der Waals surface area (Å²) < 4.78 is 0.998. The van der Waals surface area contributed by atoms with Crippen LogP contribution in [0.25, 0.3) is 0 Å². The van der Waals surface area contributed by atoms with E-state index in [1.165, 1.54) is 0 Å². The number of amidine groups is 4. The molecule has 3 aliphatic rings. The number of nitrogens with zero attached hydrogens (tertiary/aromatic N) is 4. The number of halogens is 1. The quantitative estimate of drug-likeness (QED) is 0.470. The van der Waals surface area contributed by atoms with E-state index in [0.29, 0.717) is 23.3 Å². The SMILES string of the molecule is Ic1cc2[nH]c1N=C1C=CC(=N1)N=C1C=CC(=N1)Nc1ccc([nH]1)N2. The van der Waals surface area contributed by atoms with Gasteiger partial charge in [-0.1, -0.05) is 0 Å². The van der Waals surface area contributed by atoms with Crippen molar-refractivity contribution < 1.29 is 0 Å². The third-order valence-electron chi connectivity index (χ3n) is 3.66. The molecular formula is C16H11IN8. The molecule has 122 valence electrons. The molecule has 25 heavy (non-hydrogen) atoms. The number of nitrogens with one attached hydrogen (secondary N) is 4. The van der Waals surface area contributed by atoms with Crippen molar-refractivity contribution in [1.29, 1.82) is 0 Å². The van der Waals surface area contributed by atoms with Gasteiger partial charge in [0.15, 0.2) is 17.5 Å². The highest BCUT2D eigenvalue weighted by atomic mass is 127. The van der Waals surface area contributed by atoms with E-state index in [0.717, 1.165) is 26.8 Å². The van der Waals surface area contributed by atoms with E-state index >= 15 is 0 Å². The van der Waals surface area contributed by atoms with Crippen molar-refractivity contribution in [2.45, 2.75) is 0 Å². The molecule has 0 atom stereocenters. The molecule has 5 heterocycles. The number of aromatic amines is 2. The number of hydrogen-bond donors (Lipinski definition) is 4. The van der Waals surface area contributed by atoms with Crippen LogP contribution < -0.4 is 10.6 Å². The van der Waals surface area contributed by atoms with E-state index in [2.05, 4.69) is 63.2 Å². The van der Waals surface area contributed by atoms with Crippen molar-refractivity contribution in [3.63, 3.8) is 0 Å². The Morgan fingerprint density at radius 2 is 1.36 bits per heavy atom. The molecule has 0 aromatic carbocycles. The Hall–Kier alpha value is -2.95. The average molecular weight is 442 g/mol. The van der Waals surface area contributed by atoms with Gasteiger partial charge in [0.1, 0.15) is 29.1 Å². The summed E-state index contributed by atoms with van der Waals surface area (Å²) in [6.07, 6.45) is 7.37. The average Bonchev–Trinajstić information content (AvgIpc) is 3.33. The van der Waals surface area contributed by atoms with Crippen LogP contribution in [0.15, 0.2) is 62.5 Å². The maximum Gasteiger partial charge on any atom is 0.156 e. The molecule has 0 spiro atoms. The fourth-order valence-corrected chi connectivity index (χ4v) is 3.14. The largest absolute Gasteiger partial charge is 0.328 e. The van der Waals surface area contributed by atoms with Crippen LogP contribution in [0.4, 0.5) is 23.3 Å².